The van der Waals surface area contributed by atoms with Gasteiger partial charge < -0.3 is 5.73 Å². The van der Waals surface area contributed by atoms with Crippen LogP contribution in [0, 0.1) is 0 Å². The van der Waals surface area contributed by atoms with E-state index in [9.17, 15) is 4.79 Å². The van der Waals surface area contributed by atoms with Crippen LogP contribution < -0.4 is 5.73 Å². The van der Waals surface area contributed by atoms with E-state index < -0.39 is 0 Å². The fourth-order valence-electron chi connectivity index (χ4n) is 0.234. The first kappa shape index (κ1) is 6.21. The van der Waals surface area contributed by atoms with Crippen LogP contribution in [0.15, 0.2) is 12.2 Å². The highest BCUT2D eigenvalue weighted by atomic mass is 16.1. The van der Waals surface area contributed by atoms with Crippen molar-refractivity contribution in [2.75, 3.05) is 0 Å². The van der Waals surface area contributed by atoms with E-state index in [1.165, 1.54) is 6.08 Å². The average molecular weight is 99.1 g/mol. The molecular formula is C5H9NO. The summed E-state index contributed by atoms with van der Waals surface area (Å²) in [5.41, 5.74) is 4.75. The fraction of sp³-hybridized carbons (Fsp3) is 0.400. The van der Waals surface area contributed by atoms with Crippen LogP contribution in [-0.4, -0.2) is 5.91 Å². The van der Waals surface area contributed by atoms with Crippen molar-refractivity contribution in [1.29, 1.82) is 0 Å². The van der Waals surface area contributed by atoms with Gasteiger partial charge in [-0.15, -0.1) is 0 Å². The van der Waals surface area contributed by atoms with E-state index in [4.69, 9.17) is 5.73 Å². The largest absolute Gasteiger partial charge is 0.366 e. The second kappa shape index (κ2) is 3.40. The number of carbonyl (C=O) groups excluding carboxylic acids is 1. The number of carbonyl (C=O) groups is 1. The van der Waals surface area contributed by atoms with Crippen molar-refractivity contribution in [1.82, 2.24) is 0 Å². The molecule has 0 aromatic heterocycles. The van der Waals surface area contributed by atoms with Gasteiger partial charge >= 0.3 is 0 Å². The third-order valence-electron chi connectivity index (χ3n) is 0.518. The molecule has 2 N–H and O–H groups in total. The minimum absolute atomic E-state index is 0.373. The van der Waals surface area contributed by atoms with E-state index in [-0.39, 0.29) is 5.91 Å². The Bertz CT molecular complexity index is 86.1. The van der Waals surface area contributed by atoms with Crippen LogP contribution in [0.1, 0.15) is 13.3 Å². The molecule has 0 atom stereocenters. The molecule has 2 nitrogen and oxygen atoms in total. The number of rotatable bonds is 2. The molecule has 0 aromatic rings. The third-order valence-corrected chi connectivity index (χ3v) is 0.518. The van der Waals surface area contributed by atoms with Crippen molar-refractivity contribution in [3.05, 3.63) is 12.2 Å². The Balaban J connectivity index is 3.26. The van der Waals surface area contributed by atoms with Gasteiger partial charge in [0.15, 0.2) is 0 Å². The molecule has 0 aliphatic rings. The Labute approximate surface area is 43.0 Å². The lowest BCUT2D eigenvalue weighted by Crippen LogP contribution is -2.04. The predicted octanol–water partition coefficient (Wildman–Crippen LogP) is 0.438. The lowest BCUT2D eigenvalue weighted by molar-refractivity contribution is -0.113. The van der Waals surface area contributed by atoms with Gasteiger partial charge in [-0.3, -0.25) is 4.79 Å². The van der Waals surface area contributed by atoms with Gasteiger partial charge in [-0.05, 0) is 12.5 Å². The first-order valence-electron chi connectivity index (χ1n) is 2.23. The highest BCUT2D eigenvalue weighted by Gasteiger charge is 1.75. The summed E-state index contributed by atoms with van der Waals surface area (Å²) in [6.45, 7) is 1.94. The van der Waals surface area contributed by atoms with E-state index in [1.807, 2.05) is 6.92 Å². The van der Waals surface area contributed by atoms with Gasteiger partial charge in [-0.1, -0.05) is 13.0 Å². The average Bonchev–Trinajstić information content (AvgIpc) is 1.61. The maximum atomic E-state index is 9.89. The van der Waals surface area contributed by atoms with E-state index >= 15 is 0 Å². The number of allylic oxidation sites excluding steroid dienone is 1. The molecule has 0 aromatic carbocycles. The zero-order chi connectivity index (χ0) is 5.70. The summed E-state index contributed by atoms with van der Waals surface area (Å²) >= 11 is 0. The molecule has 0 spiro atoms. The lowest BCUT2D eigenvalue weighted by Gasteiger charge is -1.74. The van der Waals surface area contributed by atoms with Crippen LogP contribution in [0.25, 0.3) is 0 Å². The van der Waals surface area contributed by atoms with Crippen LogP contribution in [0.5, 0.6) is 0 Å². The SMILES string of the molecule is CCC=CC(N)=O. The highest BCUT2D eigenvalue weighted by Crippen LogP contribution is 1.75. The molecule has 0 bridgehead atoms. The summed E-state index contributed by atoms with van der Waals surface area (Å²) in [6, 6.07) is 0. The van der Waals surface area contributed by atoms with Crippen molar-refractivity contribution in [2.24, 2.45) is 5.73 Å². The van der Waals surface area contributed by atoms with Crippen LogP contribution in [0.2, 0.25) is 0 Å². The molecule has 0 aliphatic carbocycles. The molecule has 0 heterocycles. The molecule has 2 heteroatoms. The van der Waals surface area contributed by atoms with E-state index in [0.717, 1.165) is 6.42 Å². The summed E-state index contributed by atoms with van der Waals surface area (Å²) < 4.78 is 0. The Morgan fingerprint density at radius 3 is 2.57 bits per heavy atom. The molecule has 0 radical (unpaired) electrons. The molecule has 7 heavy (non-hydrogen) atoms. The van der Waals surface area contributed by atoms with Crippen molar-refractivity contribution in [3.8, 4) is 0 Å². The van der Waals surface area contributed by atoms with Crippen molar-refractivity contribution >= 4 is 5.91 Å². The number of primary amides is 1. The topological polar surface area (TPSA) is 43.1 Å². The fourth-order valence-corrected chi connectivity index (χ4v) is 0.234. The van der Waals surface area contributed by atoms with E-state index in [1.54, 1.807) is 6.08 Å². The predicted molar refractivity (Wildman–Crippen MR) is 28.6 cm³/mol. The first-order valence-corrected chi connectivity index (χ1v) is 2.23. The maximum Gasteiger partial charge on any atom is 0.241 e. The standard InChI is InChI=1S/C5H9NO/c1-2-3-4-5(6)7/h3-4H,2H2,1H3,(H2,6,7). The minimum Gasteiger partial charge on any atom is -0.366 e. The summed E-state index contributed by atoms with van der Waals surface area (Å²) in [5.74, 6) is -0.373. The molecule has 40 valence electrons. The van der Waals surface area contributed by atoms with Crippen LogP contribution in [-0.2, 0) is 4.79 Å². The number of nitrogens with two attached hydrogens (primary N) is 1. The smallest absolute Gasteiger partial charge is 0.241 e. The zero-order valence-corrected chi connectivity index (χ0v) is 4.35. The van der Waals surface area contributed by atoms with E-state index in [2.05, 4.69) is 0 Å². The quantitative estimate of drug-likeness (QED) is 0.501. The number of hydrogen-bond acceptors (Lipinski definition) is 1. The van der Waals surface area contributed by atoms with Gasteiger partial charge in [0.2, 0.25) is 5.91 Å². The Hall–Kier alpha value is -0.790. The molecule has 0 saturated heterocycles. The molecule has 0 saturated carbocycles. The van der Waals surface area contributed by atoms with Crippen LogP contribution in [0.4, 0.5) is 0 Å². The number of hydrogen-bond donors (Lipinski definition) is 1. The third kappa shape index (κ3) is 5.21. The molecule has 0 unspecified atom stereocenters. The Kier molecular flexibility index (Phi) is 3.02. The summed E-state index contributed by atoms with van der Waals surface area (Å²) in [7, 11) is 0. The Morgan fingerprint density at radius 2 is 2.43 bits per heavy atom. The van der Waals surface area contributed by atoms with Gasteiger partial charge in [0.25, 0.3) is 0 Å². The highest BCUT2D eigenvalue weighted by molar-refractivity contribution is 5.85. The number of amides is 1. The normalized spacial score (nSPS) is 9.86. The van der Waals surface area contributed by atoms with Gasteiger partial charge in [0.05, 0.1) is 0 Å². The summed E-state index contributed by atoms with van der Waals surface area (Å²) in [6.07, 6.45) is 3.95. The maximum absolute atomic E-state index is 9.89. The molecular weight excluding hydrogens is 90.1 g/mol. The van der Waals surface area contributed by atoms with Crippen molar-refractivity contribution in [3.63, 3.8) is 0 Å². The Morgan fingerprint density at radius 1 is 1.86 bits per heavy atom. The summed E-state index contributed by atoms with van der Waals surface area (Å²) in [4.78, 5) is 9.89. The van der Waals surface area contributed by atoms with Gasteiger partial charge in [0.1, 0.15) is 0 Å². The zero-order valence-electron chi connectivity index (χ0n) is 4.35. The first-order chi connectivity index (χ1) is 3.27. The second-order valence-corrected chi connectivity index (χ2v) is 1.21. The van der Waals surface area contributed by atoms with Crippen LogP contribution >= 0.6 is 0 Å². The van der Waals surface area contributed by atoms with Crippen molar-refractivity contribution < 1.29 is 4.79 Å². The minimum atomic E-state index is -0.373. The molecule has 0 fully saturated rings. The molecule has 0 rings (SSSR count). The van der Waals surface area contributed by atoms with E-state index in [0.29, 0.717) is 0 Å². The van der Waals surface area contributed by atoms with Crippen molar-refractivity contribution in [2.45, 2.75) is 13.3 Å². The van der Waals surface area contributed by atoms with Gasteiger partial charge in [0, 0.05) is 0 Å². The monoisotopic (exact) mass is 99.1 g/mol. The molecule has 0 aliphatic heterocycles. The second-order valence-electron chi connectivity index (χ2n) is 1.21. The lowest BCUT2D eigenvalue weighted by atomic mass is 10.4. The van der Waals surface area contributed by atoms with Gasteiger partial charge in [-0.2, -0.15) is 0 Å². The van der Waals surface area contributed by atoms with Crippen LogP contribution in [0.3, 0.4) is 0 Å². The van der Waals surface area contributed by atoms with Gasteiger partial charge in [-0.25, -0.2) is 0 Å². The molecule has 1 amide bonds. The summed E-state index contributed by atoms with van der Waals surface area (Å²) in [5, 5.41) is 0.